The Kier molecular flexibility index (Phi) is 9.74. The maximum Gasteiger partial charge on any atom is 0.406 e. The van der Waals surface area contributed by atoms with E-state index in [1.54, 1.807) is 12.3 Å². The minimum Gasteiger partial charge on any atom is -0.496 e. The summed E-state index contributed by atoms with van der Waals surface area (Å²) in [6.45, 7) is 3.40. The van der Waals surface area contributed by atoms with E-state index < -0.39 is 18.6 Å². The lowest BCUT2D eigenvalue weighted by atomic mass is 9.94. The second kappa shape index (κ2) is 12.4. The van der Waals surface area contributed by atoms with Crippen molar-refractivity contribution in [3.8, 4) is 22.8 Å². The number of amides is 1. The summed E-state index contributed by atoms with van der Waals surface area (Å²) in [7, 11) is 1.41. The Hall–Kier alpha value is -2.73. The van der Waals surface area contributed by atoms with Crippen LogP contribution < -0.4 is 9.47 Å². The summed E-state index contributed by atoms with van der Waals surface area (Å²) < 4.78 is 57.3. The fourth-order valence-corrected chi connectivity index (χ4v) is 4.69. The Morgan fingerprint density at radius 3 is 2.58 bits per heavy atom. The van der Waals surface area contributed by atoms with Crippen molar-refractivity contribution in [1.82, 2.24) is 19.2 Å². The van der Waals surface area contributed by atoms with E-state index >= 15 is 0 Å². The van der Waals surface area contributed by atoms with Gasteiger partial charge in [0.2, 0.25) is 0 Å². The van der Waals surface area contributed by atoms with E-state index in [4.69, 9.17) is 14.2 Å². The number of hydrogen-bond acceptors (Lipinski definition) is 6. The number of aromatic nitrogens is 2. The van der Waals surface area contributed by atoms with Gasteiger partial charge in [0.1, 0.15) is 30.3 Å². The van der Waals surface area contributed by atoms with Gasteiger partial charge < -0.3 is 19.1 Å². The Morgan fingerprint density at radius 1 is 1.11 bits per heavy atom. The highest BCUT2D eigenvalue weighted by Gasteiger charge is 2.37. The molecular weight excluding hydrogens is 548 g/mol. The first-order chi connectivity index (χ1) is 17.3. The zero-order valence-corrected chi connectivity index (χ0v) is 22.3. The Labute approximate surface area is 230 Å². The molecule has 0 N–H and O–H groups in total. The fourth-order valence-electron chi connectivity index (χ4n) is 4.69. The van der Waals surface area contributed by atoms with Gasteiger partial charge in [-0.25, -0.2) is 4.98 Å². The topological polar surface area (TPSA) is 68.5 Å². The molecule has 0 aliphatic carbocycles. The molecule has 1 aromatic carbocycles. The van der Waals surface area contributed by atoms with Crippen LogP contribution in [0.5, 0.6) is 11.5 Å². The van der Waals surface area contributed by atoms with E-state index in [1.165, 1.54) is 7.11 Å². The predicted octanol–water partition coefficient (Wildman–Crippen LogP) is 4.13. The lowest BCUT2D eigenvalue weighted by Crippen LogP contribution is -2.43. The second-order valence-electron chi connectivity index (χ2n) is 8.84. The number of morpholine rings is 1. The number of benzene rings is 1. The maximum atomic E-state index is 12.9. The van der Waals surface area contributed by atoms with E-state index in [9.17, 15) is 18.0 Å². The molecule has 3 aromatic rings. The van der Waals surface area contributed by atoms with Gasteiger partial charge >= 0.3 is 6.18 Å². The summed E-state index contributed by atoms with van der Waals surface area (Å²) in [6.07, 6.45) is -0.570. The van der Waals surface area contributed by atoms with Crippen molar-refractivity contribution in [3.63, 3.8) is 0 Å². The number of ether oxygens (including phenoxy) is 3. The molecule has 0 bridgehead atoms. The van der Waals surface area contributed by atoms with Crippen LogP contribution in [0.25, 0.3) is 16.9 Å². The molecule has 0 atom stereocenters. The minimum atomic E-state index is -4.46. The smallest absolute Gasteiger partial charge is 0.406 e. The third-order valence-corrected chi connectivity index (χ3v) is 6.49. The van der Waals surface area contributed by atoms with Crippen molar-refractivity contribution < 1.29 is 32.2 Å². The van der Waals surface area contributed by atoms with Crippen LogP contribution >= 0.6 is 24.8 Å². The Morgan fingerprint density at radius 2 is 1.87 bits per heavy atom. The van der Waals surface area contributed by atoms with Gasteiger partial charge in [0.25, 0.3) is 5.91 Å². The number of halogens is 5. The fraction of sp³-hybridized carbons (Fsp3) is 0.440. The van der Waals surface area contributed by atoms with Crippen molar-refractivity contribution in [2.24, 2.45) is 0 Å². The lowest BCUT2D eigenvalue weighted by Gasteiger charge is -2.30. The SMILES string of the molecule is COc1cc(-c2cnc3cc(OCCN4CCOCC4)ccn23)cc2c1C(=O)N(CC(F)(F)F)CC2.Cl.Cl. The van der Waals surface area contributed by atoms with Gasteiger partial charge in [0.05, 0.1) is 37.8 Å². The number of pyridine rings is 1. The molecule has 1 saturated heterocycles. The molecule has 1 amide bonds. The number of alkyl halides is 3. The van der Waals surface area contributed by atoms with Crippen LogP contribution in [0.1, 0.15) is 15.9 Å². The van der Waals surface area contributed by atoms with Crippen LogP contribution in [-0.4, -0.2) is 90.9 Å². The lowest BCUT2D eigenvalue weighted by molar-refractivity contribution is -0.141. The van der Waals surface area contributed by atoms with Gasteiger partial charge in [-0.3, -0.25) is 14.1 Å². The van der Waals surface area contributed by atoms with Crippen LogP contribution in [0.3, 0.4) is 0 Å². The minimum absolute atomic E-state index is 0. The highest BCUT2D eigenvalue weighted by Crippen LogP contribution is 2.35. The zero-order valence-electron chi connectivity index (χ0n) is 20.7. The second-order valence-corrected chi connectivity index (χ2v) is 8.84. The highest BCUT2D eigenvalue weighted by molar-refractivity contribution is 6.00. The van der Waals surface area contributed by atoms with Crippen molar-refractivity contribution in [2.75, 3.05) is 59.7 Å². The van der Waals surface area contributed by atoms with E-state index in [-0.39, 0.29) is 42.7 Å². The van der Waals surface area contributed by atoms with Crippen LogP contribution in [0.2, 0.25) is 0 Å². The molecule has 2 aliphatic rings. The standard InChI is InChI=1S/C25H27F3N4O4.2ClH/c1-34-21-13-18(12-17-2-4-31(16-25(26,27)28)24(33)23(17)21)20-15-29-22-14-19(3-5-32(20)22)36-11-8-30-6-9-35-10-7-30;;/h3,5,12-15H,2,4,6-11,16H2,1H3;2*1H. The summed E-state index contributed by atoms with van der Waals surface area (Å²) >= 11 is 0. The predicted molar refractivity (Wildman–Crippen MR) is 140 cm³/mol. The molecule has 0 spiro atoms. The number of hydrogen-bond donors (Lipinski definition) is 0. The van der Waals surface area contributed by atoms with E-state index in [1.807, 2.05) is 28.8 Å². The molecule has 2 aliphatic heterocycles. The molecule has 4 heterocycles. The molecule has 13 heteroatoms. The van der Waals surface area contributed by atoms with Crippen LogP contribution in [0.15, 0.2) is 36.7 Å². The number of imidazole rings is 1. The molecule has 38 heavy (non-hydrogen) atoms. The van der Waals surface area contributed by atoms with Gasteiger partial charge in [-0.05, 0) is 30.2 Å². The Balaban J connectivity index is 0.00000200. The monoisotopic (exact) mass is 576 g/mol. The number of rotatable bonds is 7. The molecular formula is C25H29Cl2F3N4O4. The first kappa shape index (κ1) is 29.8. The van der Waals surface area contributed by atoms with Crippen molar-refractivity contribution in [3.05, 3.63) is 47.8 Å². The number of nitrogens with zero attached hydrogens (tertiary/aromatic N) is 4. The van der Waals surface area contributed by atoms with Crippen molar-refractivity contribution in [2.45, 2.75) is 12.6 Å². The highest BCUT2D eigenvalue weighted by atomic mass is 35.5. The zero-order chi connectivity index (χ0) is 25.3. The van der Waals surface area contributed by atoms with Gasteiger partial charge in [0, 0.05) is 44.0 Å². The van der Waals surface area contributed by atoms with E-state index in [0.717, 1.165) is 49.0 Å². The van der Waals surface area contributed by atoms with Crippen molar-refractivity contribution in [1.29, 1.82) is 0 Å². The van der Waals surface area contributed by atoms with Gasteiger partial charge in [0.15, 0.2) is 0 Å². The molecule has 2 aromatic heterocycles. The summed E-state index contributed by atoms with van der Waals surface area (Å²) in [5.41, 5.74) is 3.07. The van der Waals surface area contributed by atoms with E-state index in [0.29, 0.717) is 30.0 Å². The van der Waals surface area contributed by atoms with Crippen molar-refractivity contribution >= 4 is 36.4 Å². The number of carbonyl (C=O) groups excluding carboxylic acids is 1. The van der Waals surface area contributed by atoms with Crippen LogP contribution in [-0.2, 0) is 11.2 Å². The first-order valence-corrected chi connectivity index (χ1v) is 11.8. The molecule has 0 saturated carbocycles. The molecule has 1 fully saturated rings. The first-order valence-electron chi connectivity index (χ1n) is 11.8. The third-order valence-electron chi connectivity index (χ3n) is 6.49. The largest absolute Gasteiger partial charge is 0.496 e. The molecule has 0 unspecified atom stereocenters. The van der Waals surface area contributed by atoms with Crippen LogP contribution in [0.4, 0.5) is 13.2 Å². The average molecular weight is 577 g/mol. The summed E-state index contributed by atoms with van der Waals surface area (Å²) in [6, 6.07) is 7.23. The molecule has 208 valence electrons. The average Bonchev–Trinajstić information content (AvgIpc) is 3.28. The van der Waals surface area contributed by atoms with Gasteiger partial charge in [-0.15, -0.1) is 24.8 Å². The Bertz CT molecular complexity index is 1250. The van der Waals surface area contributed by atoms with Gasteiger partial charge in [-0.2, -0.15) is 13.2 Å². The maximum absolute atomic E-state index is 12.9. The summed E-state index contributed by atoms with van der Waals surface area (Å²) in [5.74, 6) is 0.290. The quantitative estimate of drug-likeness (QED) is 0.421. The molecule has 8 nitrogen and oxygen atoms in total. The molecule has 5 rings (SSSR count). The number of carbonyl (C=O) groups is 1. The summed E-state index contributed by atoms with van der Waals surface area (Å²) in [4.78, 5) is 20.4. The number of fused-ring (bicyclic) bond motifs is 2. The number of methoxy groups -OCH3 is 1. The summed E-state index contributed by atoms with van der Waals surface area (Å²) in [5, 5.41) is 0. The molecule has 0 radical (unpaired) electrons. The van der Waals surface area contributed by atoms with Gasteiger partial charge in [-0.1, -0.05) is 0 Å². The van der Waals surface area contributed by atoms with Crippen LogP contribution in [0, 0.1) is 0 Å². The van der Waals surface area contributed by atoms with E-state index in [2.05, 4.69) is 9.88 Å². The third kappa shape index (κ3) is 6.45. The normalized spacial score (nSPS) is 16.0.